The topological polar surface area (TPSA) is 56.3 Å². The van der Waals surface area contributed by atoms with Gasteiger partial charge in [0.05, 0.1) is 19.7 Å². The lowest BCUT2D eigenvalue weighted by molar-refractivity contribution is 0.0476. The number of carbonyl (C=O) groups is 2. The molecule has 0 saturated heterocycles. The molecule has 126 valence electrons. The molecule has 0 fully saturated rings. The van der Waals surface area contributed by atoms with E-state index in [1.54, 1.807) is 6.07 Å². The van der Waals surface area contributed by atoms with E-state index in [9.17, 15) is 9.59 Å². The number of thiophene rings is 1. The highest BCUT2D eigenvalue weighted by molar-refractivity contribution is 9.11. The first kappa shape index (κ1) is 16.4. The lowest BCUT2D eigenvalue weighted by Gasteiger charge is -2.11. The molecule has 6 heteroatoms. The molecule has 1 aliphatic carbocycles. The van der Waals surface area contributed by atoms with Crippen LogP contribution in [0.15, 0.2) is 40.2 Å². The number of hydrogen-bond acceptors (Lipinski definition) is 5. The number of halogens is 1. The highest BCUT2D eigenvalue weighted by atomic mass is 79.9. The minimum Gasteiger partial charge on any atom is -0.454 e. The van der Waals surface area contributed by atoms with E-state index >= 15 is 0 Å². The van der Waals surface area contributed by atoms with Crippen molar-refractivity contribution in [1.82, 2.24) is 4.98 Å². The Balaban J connectivity index is 1.63. The fourth-order valence-electron chi connectivity index (χ4n) is 3.18. The van der Waals surface area contributed by atoms with Crippen molar-refractivity contribution in [3.8, 4) is 0 Å². The number of hydrogen-bond donors (Lipinski definition) is 0. The lowest BCUT2D eigenvalue weighted by atomic mass is 10.0. The van der Waals surface area contributed by atoms with Crippen LogP contribution in [-0.2, 0) is 17.6 Å². The first-order chi connectivity index (χ1) is 12.1. The zero-order valence-corrected chi connectivity index (χ0v) is 15.7. The maximum atomic E-state index is 12.8. The lowest BCUT2D eigenvalue weighted by Crippen LogP contribution is -2.15. The van der Waals surface area contributed by atoms with Gasteiger partial charge < -0.3 is 4.74 Å². The van der Waals surface area contributed by atoms with Crippen LogP contribution in [0.3, 0.4) is 0 Å². The number of carbonyl (C=O) groups excluding carboxylic acids is 2. The number of ketones is 1. The van der Waals surface area contributed by atoms with Gasteiger partial charge in [-0.25, -0.2) is 4.79 Å². The number of benzene rings is 1. The molecular formula is C19H14BrNO3S. The van der Waals surface area contributed by atoms with Crippen LogP contribution in [0.1, 0.15) is 37.7 Å². The van der Waals surface area contributed by atoms with Gasteiger partial charge >= 0.3 is 5.97 Å². The Bertz CT molecular complexity index is 995. The quantitative estimate of drug-likeness (QED) is 0.461. The third kappa shape index (κ3) is 3.12. The third-order valence-corrected chi connectivity index (χ3v) is 5.97. The van der Waals surface area contributed by atoms with Crippen LogP contribution in [0.4, 0.5) is 0 Å². The molecule has 0 atom stereocenters. The molecule has 1 aromatic carbocycles. The van der Waals surface area contributed by atoms with E-state index < -0.39 is 5.97 Å². The number of aryl methyl sites for hydroxylation is 1. The van der Waals surface area contributed by atoms with Crippen LogP contribution in [0, 0.1) is 0 Å². The van der Waals surface area contributed by atoms with Crippen molar-refractivity contribution in [3.63, 3.8) is 0 Å². The van der Waals surface area contributed by atoms with Gasteiger partial charge in [-0.15, -0.1) is 11.3 Å². The van der Waals surface area contributed by atoms with Crippen molar-refractivity contribution in [2.24, 2.45) is 0 Å². The third-order valence-electron chi connectivity index (χ3n) is 4.31. The van der Waals surface area contributed by atoms with Crippen LogP contribution in [0.5, 0.6) is 0 Å². The Morgan fingerprint density at radius 3 is 2.80 bits per heavy atom. The highest BCUT2D eigenvalue weighted by Crippen LogP contribution is 2.30. The molecule has 4 rings (SSSR count). The zero-order valence-electron chi connectivity index (χ0n) is 13.3. The average Bonchev–Trinajstić information content (AvgIpc) is 3.25. The fourth-order valence-corrected chi connectivity index (χ4v) is 4.49. The van der Waals surface area contributed by atoms with Gasteiger partial charge in [0, 0.05) is 11.1 Å². The Morgan fingerprint density at radius 1 is 1.16 bits per heavy atom. The molecule has 0 bridgehead atoms. The molecule has 2 aromatic heterocycles. The molecule has 0 radical (unpaired) electrons. The van der Waals surface area contributed by atoms with Gasteiger partial charge in [0.25, 0.3) is 0 Å². The summed E-state index contributed by atoms with van der Waals surface area (Å²) in [6, 6.07) is 11.1. The number of esters is 1. The first-order valence-corrected chi connectivity index (χ1v) is 9.60. The number of nitrogens with zero attached hydrogens (tertiary/aromatic N) is 1. The van der Waals surface area contributed by atoms with Gasteiger partial charge in [0.1, 0.15) is 0 Å². The molecule has 0 N–H and O–H groups in total. The Hall–Kier alpha value is -2.05. The van der Waals surface area contributed by atoms with Gasteiger partial charge in [0.2, 0.25) is 5.78 Å². The van der Waals surface area contributed by atoms with Crippen molar-refractivity contribution in [3.05, 3.63) is 61.9 Å². The molecule has 4 nitrogen and oxygen atoms in total. The first-order valence-electron chi connectivity index (χ1n) is 7.99. The van der Waals surface area contributed by atoms with Crippen LogP contribution in [-0.4, -0.2) is 23.3 Å². The number of para-hydroxylation sites is 1. The summed E-state index contributed by atoms with van der Waals surface area (Å²) in [5.74, 6) is -0.639. The number of pyridine rings is 1. The number of ether oxygens (including phenoxy) is 1. The van der Waals surface area contributed by atoms with Gasteiger partial charge in [0.15, 0.2) is 6.61 Å². The summed E-state index contributed by atoms with van der Waals surface area (Å²) in [6.07, 6.45) is 2.69. The molecule has 0 aliphatic heterocycles. The van der Waals surface area contributed by atoms with Crippen molar-refractivity contribution in [2.45, 2.75) is 19.3 Å². The number of aromatic nitrogens is 1. The van der Waals surface area contributed by atoms with Gasteiger partial charge in [-0.1, -0.05) is 18.2 Å². The van der Waals surface area contributed by atoms with E-state index in [0.717, 1.165) is 45.2 Å². The van der Waals surface area contributed by atoms with E-state index in [1.165, 1.54) is 11.3 Å². The second kappa shape index (κ2) is 6.69. The van der Waals surface area contributed by atoms with E-state index in [4.69, 9.17) is 4.74 Å². The predicted octanol–water partition coefficient (Wildman–Crippen LogP) is 4.59. The summed E-state index contributed by atoms with van der Waals surface area (Å²) in [5.41, 5.74) is 3.30. The predicted molar refractivity (Wildman–Crippen MR) is 100 cm³/mol. The van der Waals surface area contributed by atoms with E-state index in [2.05, 4.69) is 20.9 Å². The second-order valence-electron chi connectivity index (χ2n) is 5.89. The van der Waals surface area contributed by atoms with Crippen molar-refractivity contribution >= 4 is 49.9 Å². The van der Waals surface area contributed by atoms with Gasteiger partial charge in [-0.05, 0) is 59.0 Å². The molecule has 25 heavy (non-hydrogen) atoms. The Morgan fingerprint density at radius 2 is 2.00 bits per heavy atom. The average molecular weight is 416 g/mol. The minimum atomic E-state index is -0.444. The molecule has 0 unspecified atom stereocenters. The summed E-state index contributed by atoms with van der Waals surface area (Å²) in [4.78, 5) is 30.2. The summed E-state index contributed by atoms with van der Waals surface area (Å²) < 4.78 is 6.24. The van der Waals surface area contributed by atoms with E-state index in [-0.39, 0.29) is 12.4 Å². The summed E-state index contributed by atoms with van der Waals surface area (Å²) >= 11 is 4.66. The summed E-state index contributed by atoms with van der Waals surface area (Å²) in [7, 11) is 0. The monoisotopic (exact) mass is 415 g/mol. The molecule has 1 aliphatic rings. The summed E-state index contributed by atoms with van der Waals surface area (Å²) in [5, 5.41) is 0.791. The summed E-state index contributed by atoms with van der Waals surface area (Å²) in [6.45, 7) is -0.253. The van der Waals surface area contributed by atoms with Crippen LogP contribution in [0.25, 0.3) is 10.9 Å². The Kier molecular flexibility index (Phi) is 4.39. The smallest absolute Gasteiger partial charge is 0.339 e. The van der Waals surface area contributed by atoms with Crippen molar-refractivity contribution in [2.75, 3.05) is 6.61 Å². The van der Waals surface area contributed by atoms with E-state index in [0.29, 0.717) is 10.4 Å². The Labute approximate surface area is 157 Å². The molecular weight excluding hydrogens is 402 g/mol. The number of Topliss-reactive ketones (excluding diaryl/α,β-unsaturated/α-hetero) is 1. The SMILES string of the molecule is O=C(COC(=O)c1c2c(nc3ccccc13)CCC2)c1ccc(Br)s1. The van der Waals surface area contributed by atoms with Crippen molar-refractivity contribution in [1.29, 1.82) is 0 Å². The normalized spacial score (nSPS) is 13.0. The maximum Gasteiger partial charge on any atom is 0.339 e. The standard InChI is InChI=1S/C19H14BrNO3S/c20-17-9-8-16(25-17)15(22)10-24-19(23)18-11-4-1-2-6-13(11)21-14-7-3-5-12(14)18/h1-2,4,6,8-9H,3,5,7,10H2. The maximum absolute atomic E-state index is 12.8. The van der Waals surface area contributed by atoms with Crippen LogP contribution >= 0.6 is 27.3 Å². The molecule has 2 heterocycles. The molecule has 3 aromatic rings. The highest BCUT2D eigenvalue weighted by Gasteiger charge is 2.25. The number of rotatable bonds is 4. The fraction of sp³-hybridized carbons (Fsp3) is 0.211. The largest absolute Gasteiger partial charge is 0.454 e. The van der Waals surface area contributed by atoms with Crippen LogP contribution < -0.4 is 0 Å². The van der Waals surface area contributed by atoms with E-state index in [1.807, 2.05) is 30.3 Å². The molecule has 0 amide bonds. The second-order valence-corrected chi connectivity index (χ2v) is 8.35. The van der Waals surface area contributed by atoms with Gasteiger partial charge in [-0.3, -0.25) is 9.78 Å². The van der Waals surface area contributed by atoms with Gasteiger partial charge in [-0.2, -0.15) is 0 Å². The van der Waals surface area contributed by atoms with Crippen LogP contribution in [0.2, 0.25) is 0 Å². The number of fused-ring (bicyclic) bond motifs is 2. The zero-order chi connectivity index (χ0) is 17.4. The minimum absolute atomic E-state index is 0.195. The van der Waals surface area contributed by atoms with Crippen molar-refractivity contribution < 1.29 is 14.3 Å². The molecule has 0 saturated carbocycles. The molecule has 0 spiro atoms.